The Hall–Kier alpha value is -2.93. The highest BCUT2D eigenvalue weighted by molar-refractivity contribution is 7.18. The molecular formula is C19H19N5OS. The van der Waals surface area contributed by atoms with Crippen LogP contribution in [0.3, 0.4) is 0 Å². The van der Waals surface area contributed by atoms with Crippen molar-refractivity contribution in [2.24, 2.45) is 7.05 Å². The Morgan fingerprint density at radius 1 is 1.15 bits per heavy atom. The molecule has 0 fully saturated rings. The lowest BCUT2D eigenvalue weighted by Crippen LogP contribution is -2.17. The summed E-state index contributed by atoms with van der Waals surface area (Å²) in [5.74, 6) is 2.54. The minimum Gasteiger partial charge on any atom is -0.497 e. The molecule has 1 unspecified atom stereocenters. The largest absolute Gasteiger partial charge is 0.497 e. The van der Waals surface area contributed by atoms with E-state index >= 15 is 0 Å². The highest BCUT2D eigenvalue weighted by Crippen LogP contribution is 2.32. The van der Waals surface area contributed by atoms with E-state index in [2.05, 4.69) is 33.3 Å². The fraction of sp³-hybridized carbons (Fsp3) is 0.211. The first kappa shape index (κ1) is 16.5. The molecule has 0 radical (unpaired) electrons. The summed E-state index contributed by atoms with van der Waals surface area (Å²) in [7, 11) is 3.66. The number of methoxy groups -OCH3 is 1. The van der Waals surface area contributed by atoms with Crippen LogP contribution in [0, 0.1) is 6.92 Å². The SMILES string of the molecule is COc1ccc(C(Nc2ncnc3sc(C)cc23)c2nccn2C)cc1. The number of benzene rings is 1. The van der Waals surface area contributed by atoms with Crippen molar-refractivity contribution in [3.63, 3.8) is 0 Å². The number of rotatable bonds is 5. The van der Waals surface area contributed by atoms with Gasteiger partial charge >= 0.3 is 0 Å². The van der Waals surface area contributed by atoms with E-state index in [4.69, 9.17) is 4.74 Å². The summed E-state index contributed by atoms with van der Waals surface area (Å²) < 4.78 is 7.29. The maximum Gasteiger partial charge on any atom is 0.139 e. The molecule has 132 valence electrons. The van der Waals surface area contributed by atoms with Crippen LogP contribution in [0.2, 0.25) is 0 Å². The molecule has 6 nitrogen and oxygen atoms in total. The molecular weight excluding hydrogens is 346 g/mol. The van der Waals surface area contributed by atoms with Gasteiger partial charge in [-0.2, -0.15) is 0 Å². The molecule has 0 amide bonds. The first-order valence-electron chi connectivity index (χ1n) is 8.24. The van der Waals surface area contributed by atoms with Gasteiger partial charge in [-0.25, -0.2) is 15.0 Å². The number of fused-ring (bicyclic) bond motifs is 1. The van der Waals surface area contributed by atoms with E-state index in [0.717, 1.165) is 33.2 Å². The van der Waals surface area contributed by atoms with Crippen molar-refractivity contribution in [3.8, 4) is 5.75 Å². The normalized spacial score (nSPS) is 12.3. The Morgan fingerprint density at radius 3 is 2.65 bits per heavy atom. The topological polar surface area (TPSA) is 64.9 Å². The third kappa shape index (κ3) is 3.01. The fourth-order valence-electron chi connectivity index (χ4n) is 2.98. The van der Waals surface area contributed by atoms with Gasteiger partial charge in [-0.1, -0.05) is 12.1 Å². The van der Waals surface area contributed by atoms with Gasteiger partial charge in [0.15, 0.2) is 0 Å². The van der Waals surface area contributed by atoms with Crippen LogP contribution in [0.15, 0.2) is 49.1 Å². The lowest BCUT2D eigenvalue weighted by Gasteiger charge is -2.20. The van der Waals surface area contributed by atoms with E-state index in [-0.39, 0.29) is 6.04 Å². The van der Waals surface area contributed by atoms with Gasteiger partial charge in [0.25, 0.3) is 0 Å². The number of hydrogen-bond acceptors (Lipinski definition) is 6. The first-order chi connectivity index (χ1) is 12.7. The zero-order valence-electron chi connectivity index (χ0n) is 14.8. The third-order valence-electron chi connectivity index (χ3n) is 4.30. The predicted octanol–water partition coefficient (Wildman–Crippen LogP) is 3.94. The van der Waals surface area contributed by atoms with Crippen molar-refractivity contribution in [1.82, 2.24) is 19.5 Å². The summed E-state index contributed by atoms with van der Waals surface area (Å²) in [6, 6.07) is 9.98. The Morgan fingerprint density at radius 2 is 1.96 bits per heavy atom. The zero-order chi connectivity index (χ0) is 18.1. The number of aryl methyl sites for hydroxylation is 2. The van der Waals surface area contributed by atoms with Gasteiger partial charge in [0, 0.05) is 24.3 Å². The van der Waals surface area contributed by atoms with Gasteiger partial charge in [-0.3, -0.25) is 0 Å². The number of aromatic nitrogens is 4. The lowest BCUT2D eigenvalue weighted by molar-refractivity contribution is 0.414. The van der Waals surface area contributed by atoms with Crippen molar-refractivity contribution >= 4 is 27.4 Å². The smallest absolute Gasteiger partial charge is 0.139 e. The van der Waals surface area contributed by atoms with Gasteiger partial charge in [-0.15, -0.1) is 11.3 Å². The minimum absolute atomic E-state index is 0.140. The third-order valence-corrected chi connectivity index (χ3v) is 5.26. The molecule has 7 heteroatoms. The molecule has 0 bridgehead atoms. The van der Waals surface area contributed by atoms with E-state index in [1.807, 2.05) is 42.1 Å². The molecule has 1 N–H and O–H groups in total. The van der Waals surface area contributed by atoms with Crippen molar-refractivity contribution in [2.75, 3.05) is 12.4 Å². The average Bonchev–Trinajstić information content (AvgIpc) is 3.25. The summed E-state index contributed by atoms with van der Waals surface area (Å²) in [5, 5.41) is 4.59. The molecule has 0 spiro atoms. The number of anilines is 1. The Kier molecular flexibility index (Phi) is 4.30. The van der Waals surface area contributed by atoms with E-state index in [9.17, 15) is 0 Å². The number of hydrogen-bond donors (Lipinski definition) is 1. The molecule has 0 saturated carbocycles. The second-order valence-corrected chi connectivity index (χ2v) is 7.28. The maximum atomic E-state index is 5.28. The number of imidazole rings is 1. The molecule has 0 aliphatic rings. The Balaban J connectivity index is 1.78. The predicted molar refractivity (Wildman–Crippen MR) is 104 cm³/mol. The van der Waals surface area contributed by atoms with Gasteiger partial charge in [0.05, 0.1) is 12.5 Å². The molecule has 0 aliphatic carbocycles. The maximum absolute atomic E-state index is 5.28. The Labute approximate surface area is 155 Å². The van der Waals surface area contributed by atoms with E-state index in [1.165, 1.54) is 4.88 Å². The summed E-state index contributed by atoms with van der Waals surface area (Å²) in [5.41, 5.74) is 1.08. The van der Waals surface area contributed by atoms with Crippen LogP contribution < -0.4 is 10.1 Å². The number of nitrogens with one attached hydrogen (secondary N) is 1. The Bertz CT molecular complexity index is 1040. The van der Waals surface area contributed by atoms with Crippen LogP contribution in [0.5, 0.6) is 5.75 Å². The van der Waals surface area contributed by atoms with Crippen molar-refractivity contribution in [3.05, 3.63) is 65.3 Å². The van der Waals surface area contributed by atoms with Crippen molar-refractivity contribution < 1.29 is 4.74 Å². The molecule has 3 aromatic heterocycles. The molecule has 26 heavy (non-hydrogen) atoms. The quantitative estimate of drug-likeness (QED) is 0.580. The number of nitrogens with zero attached hydrogens (tertiary/aromatic N) is 4. The fourth-order valence-corrected chi connectivity index (χ4v) is 3.82. The summed E-state index contributed by atoms with van der Waals surface area (Å²) in [6.45, 7) is 2.08. The standard InChI is InChI=1S/C19H19N5OS/c1-12-10-15-17(21-11-22-19(15)26-12)23-16(18-20-8-9-24(18)2)13-4-6-14(25-3)7-5-13/h4-11,16H,1-3H3,(H,21,22,23). The lowest BCUT2D eigenvalue weighted by atomic mass is 10.1. The minimum atomic E-state index is -0.140. The highest BCUT2D eigenvalue weighted by atomic mass is 32.1. The van der Waals surface area contributed by atoms with Crippen molar-refractivity contribution in [2.45, 2.75) is 13.0 Å². The first-order valence-corrected chi connectivity index (χ1v) is 9.06. The van der Waals surface area contributed by atoms with Crippen LogP contribution in [0.1, 0.15) is 22.3 Å². The van der Waals surface area contributed by atoms with Crippen LogP contribution in [-0.4, -0.2) is 26.6 Å². The van der Waals surface area contributed by atoms with E-state index < -0.39 is 0 Å². The second kappa shape index (κ2) is 6.76. The molecule has 1 atom stereocenters. The average molecular weight is 365 g/mol. The van der Waals surface area contributed by atoms with Crippen LogP contribution in [0.25, 0.3) is 10.2 Å². The summed E-state index contributed by atoms with van der Waals surface area (Å²) >= 11 is 1.67. The highest BCUT2D eigenvalue weighted by Gasteiger charge is 2.20. The molecule has 0 saturated heterocycles. The van der Waals surface area contributed by atoms with E-state index in [0.29, 0.717) is 0 Å². The molecule has 4 aromatic rings. The van der Waals surface area contributed by atoms with Crippen LogP contribution in [-0.2, 0) is 7.05 Å². The van der Waals surface area contributed by atoms with E-state index in [1.54, 1.807) is 31.0 Å². The van der Waals surface area contributed by atoms with Crippen LogP contribution >= 0.6 is 11.3 Å². The van der Waals surface area contributed by atoms with Crippen LogP contribution in [0.4, 0.5) is 5.82 Å². The van der Waals surface area contributed by atoms with Gasteiger partial charge in [-0.05, 0) is 30.7 Å². The monoisotopic (exact) mass is 365 g/mol. The molecule has 1 aromatic carbocycles. The summed E-state index contributed by atoms with van der Waals surface area (Å²) in [4.78, 5) is 15.6. The number of thiophene rings is 1. The molecule has 0 aliphatic heterocycles. The zero-order valence-corrected chi connectivity index (χ0v) is 15.6. The van der Waals surface area contributed by atoms with Gasteiger partial charge < -0.3 is 14.6 Å². The van der Waals surface area contributed by atoms with Crippen molar-refractivity contribution in [1.29, 1.82) is 0 Å². The van der Waals surface area contributed by atoms with Gasteiger partial charge in [0.2, 0.25) is 0 Å². The number of ether oxygens (including phenoxy) is 1. The summed E-state index contributed by atoms with van der Waals surface area (Å²) in [6.07, 6.45) is 5.35. The second-order valence-electron chi connectivity index (χ2n) is 6.05. The van der Waals surface area contributed by atoms with Gasteiger partial charge in [0.1, 0.15) is 34.6 Å². The molecule has 3 heterocycles. The molecule has 4 rings (SSSR count).